The van der Waals surface area contributed by atoms with Crippen molar-refractivity contribution in [3.05, 3.63) is 0 Å². The van der Waals surface area contributed by atoms with Crippen LogP contribution in [0.1, 0.15) is 33.6 Å². The van der Waals surface area contributed by atoms with E-state index in [9.17, 15) is 4.79 Å². The van der Waals surface area contributed by atoms with Gasteiger partial charge in [-0.2, -0.15) is 0 Å². The number of hydrogen-bond donors (Lipinski definition) is 1. The lowest BCUT2D eigenvalue weighted by atomic mass is 9.91. The first-order chi connectivity index (χ1) is 9.51. The summed E-state index contributed by atoms with van der Waals surface area (Å²) >= 11 is 0. The Bertz CT molecular complexity index is 327. The van der Waals surface area contributed by atoms with Crippen LogP contribution in [0.2, 0.25) is 0 Å². The molecular formula is C15H29N3O2. The molecule has 5 nitrogen and oxygen atoms in total. The largest absolute Gasteiger partial charge is 0.372 e. The molecule has 0 aliphatic carbocycles. The van der Waals surface area contributed by atoms with Gasteiger partial charge in [0.05, 0.1) is 18.8 Å². The van der Waals surface area contributed by atoms with Crippen LogP contribution < -0.4 is 5.73 Å². The van der Waals surface area contributed by atoms with E-state index in [1.807, 2.05) is 18.7 Å². The number of morpholine rings is 1. The molecule has 0 saturated carbocycles. The Kier molecular flexibility index (Phi) is 5.41. The zero-order valence-electron chi connectivity index (χ0n) is 13.0. The van der Waals surface area contributed by atoms with Gasteiger partial charge in [0.15, 0.2) is 0 Å². The molecule has 2 N–H and O–H groups in total. The summed E-state index contributed by atoms with van der Waals surface area (Å²) in [6.07, 6.45) is 2.65. The van der Waals surface area contributed by atoms with E-state index in [1.165, 1.54) is 12.8 Å². The third kappa shape index (κ3) is 3.71. The molecule has 0 radical (unpaired) electrons. The Hall–Kier alpha value is -0.650. The molecule has 0 spiro atoms. The Morgan fingerprint density at radius 2 is 1.90 bits per heavy atom. The van der Waals surface area contributed by atoms with E-state index in [4.69, 9.17) is 10.5 Å². The highest BCUT2D eigenvalue weighted by Crippen LogP contribution is 2.22. The van der Waals surface area contributed by atoms with Gasteiger partial charge in [-0.3, -0.25) is 9.69 Å². The van der Waals surface area contributed by atoms with E-state index >= 15 is 0 Å². The van der Waals surface area contributed by atoms with E-state index in [0.29, 0.717) is 38.1 Å². The maximum atomic E-state index is 12.5. The highest BCUT2D eigenvalue weighted by molar-refractivity contribution is 5.78. The van der Waals surface area contributed by atoms with Gasteiger partial charge in [-0.25, -0.2) is 0 Å². The first-order valence-electron chi connectivity index (χ1n) is 7.88. The van der Waals surface area contributed by atoms with Crippen LogP contribution in [0.15, 0.2) is 0 Å². The minimum absolute atomic E-state index is 0.133. The van der Waals surface area contributed by atoms with Gasteiger partial charge in [-0.05, 0) is 39.2 Å². The van der Waals surface area contributed by atoms with Crippen LogP contribution in [-0.2, 0) is 9.53 Å². The van der Waals surface area contributed by atoms with Gasteiger partial charge < -0.3 is 15.4 Å². The van der Waals surface area contributed by atoms with E-state index in [2.05, 4.69) is 11.8 Å². The SMILES string of the molecule is CC1CN(C(=O)CN2CCCC(C)C2CN)CC(C)O1. The molecule has 0 aromatic heterocycles. The molecule has 1 amide bonds. The van der Waals surface area contributed by atoms with E-state index in [0.717, 1.165) is 6.54 Å². The number of hydrogen-bond acceptors (Lipinski definition) is 4. The fraction of sp³-hybridized carbons (Fsp3) is 0.933. The first-order valence-corrected chi connectivity index (χ1v) is 7.88. The molecule has 2 heterocycles. The molecule has 2 saturated heterocycles. The van der Waals surface area contributed by atoms with Crippen LogP contribution in [0.4, 0.5) is 0 Å². The van der Waals surface area contributed by atoms with Crippen molar-refractivity contribution in [1.29, 1.82) is 0 Å². The Morgan fingerprint density at radius 1 is 1.25 bits per heavy atom. The van der Waals surface area contributed by atoms with E-state index < -0.39 is 0 Å². The zero-order valence-corrected chi connectivity index (χ0v) is 13.0. The number of piperidine rings is 1. The Balaban J connectivity index is 1.92. The summed E-state index contributed by atoms with van der Waals surface area (Å²) in [6.45, 7) is 9.86. The van der Waals surface area contributed by atoms with Gasteiger partial charge in [-0.1, -0.05) is 6.92 Å². The van der Waals surface area contributed by atoms with Crippen LogP contribution in [0.5, 0.6) is 0 Å². The van der Waals surface area contributed by atoms with Gasteiger partial charge in [-0.15, -0.1) is 0 Å². The van der Waals surface area contributed by atoms with Gasteiger partial charge in [0.2, 0.25) is 5.91 Å². The lowest BCUT2D eigenvalue weighted by Crippen LogP contribution is -2.55. The molecule has 2 rings (SSSR count). The molecule has 0 bridgehead atoms. The van der Waals surface area contributed by atoms with E-state index in [-0.39, 0.29) is 18.1 Å². The quantitative estimate of drug-likeness (QED) is 0.827. The number of rotatable bonds is 3. The van der Waals surface area contributed by atoms with Crippen molar-refractivity contribution >= 4 is 5.91 Å². The Morgan fingerprint density at radius 3 is 2.50 bits per heavy atom. The number of likely N-dealkylation sites (tertiary alicyclic amines) is 1. The third-order valence-electron chi connectivity index (χ3n) is 4.58. The standard InChI is InChI=1S/C15H29N3O2/c1-11-5-4-6-17(14(11)7-16)10-15(19)18-8-12(2)20-13(3)9-18/h11-14H,4-10,16H2,1-3H3. The lowest BCUT2D eigenvalue weighted by Gasteiger charge is -2.41. The van der Waals surface area contributed by atoms with Gasteiger partial charge in [0.25, 0.3) is 0 Å². The molecule has 20 heavy (non-hydrogen) atoms. The summed E-state index contributed by atoms with van der Waals surface area (Å²) in [6, 6.07) is 0.351. The second kappa shape index (κ2) is 6.87. The van der Waals surface area contributed by atoms with Crippen LogP contribution >= 0.6 is 0 Å². The summed E-state index contributed by atoms with van der Waals surface area (Å²) in [5.41, 5.74) is 5.90. The summed E-state index contributed by atoms with van der Waals surface area (Å²) in [5.74, 6) is 0.809. The Labute approximate surface area is 122 Å². The molecule has 2 aliphatic heterocycles. The van der Waals surface area contributed by atoms with Crippen molar-refractivity contribution in [1.82, 2.24) is 9.80 Å². The predicted octanol–water partition coefficient (Wildman–Crippen LogP) is 0.681. The summed E-state index contributed by atoms with van der Waals surface area (Å²) in [5, 5.41) is 0. The van der Waals surface area contributed by atoms with Crippen LogP contribution in [0.3, 0.4) is 0 Å². The fourth-order valence-corrected chi connectivity index (χ4v) is 3.57. The number of amides is 1. The van der Waals surface area contributed by atoms with Crippen molar-refractivity contribution < 1.29 is 9.53 Å². The van der Waals surface area contributed by atoms with Gasteiger partial charge >= 0.3 is 0 Å². The van der Waals surface area contributed by atoms with Crippen molar-refractivity contribution in [2.24, 2.45) is 11.7 Å². The molecule has 116 valence electrons. The molecule has 2 fully saturated rings. The molecule has 4 atom stereocenters. The predicted molar refractivity (Wildman–Crippen MR) is 79.4 cm³/mol. The van der Waals surface area contributed by atoms with Crippen molar-refractivity contribution in [2.45, 2.75) is 51.9 Å². The van der Waals surface area contributed by atoms with Crippen molar-refractivity contribution in [2.75, 3.05) is 32.7 Å². The monoisotopic (exact) mass is 283 g/mol. The highest BCUT2D eigenvalue weighted by atomic mass is 16.5. The second-order valence-electron chi connectivity index (χ2n) is 6.45. The van der Waals surface area contributed by atoms with Crippen molar-refractivity contribution in [3.63, 3.8) is 0 Å². The van der Waals surface area contributed by atoms with Crippen molar-refractivity contribution in [3.8, 4) is 0 Å². The normalized spacial score (nSPS) is 36.1. The van der Waals surface area contributed by atoms with Gasteiger partial charge in [0, 0.05) is 25.7 Å². The number of nitrogens with two attached hydrogens (primary N) is 1. The second-order valence-corrected chi connectivity index (χ2v) is 6.45. The average molecular weight is 283 g/mol. The number of carbonyl (C=O) groups is 1. The van der Waals surface area contributed by atoms with E-state index in [1.54, 1.807) is 0 Å². The minimum Gasteiger partial charge on any atom is -0.372 e. The molecule has 2 aliphatic rings. The van der Waals surface area contributed by atoms with Crippen LogP contribution in [-0.4, -0.2) is 66.7 Å². The number of carbonyl (C=O) groups excluding carboxylic acids is 1. The topological polar surface area (TPSA) is 58.8 Å². The van der Waals surface area contributed by atoms with Crippen LogP contribution in [0, 0.1) is 5.92 Å². The smallest absolute Gasteiger partial charge is 0.236 e. The molecule has 5 heteroatoms. The lowest BCUT2D eigenvalue weighted by molar-refractivity contribution is -0.145. The summed E-state index contributed by atoms with van der Waals surface area (Å²) in [4.78, 5) is 16.7. The zero-order chi connectivity index (χ0) is 14.7. The average Bonchev–Trinajstić information content (AvgIpc) is 2.37. The van der Waals surface area contributed by atoms with Crippen LogP contribution in [0.25, 0.3) is 0 Å². The maximum Gasteiger partial charge on any atom is 0.236 e. The maximum absolute atomic E-state index is 12.5. The molecule has 0 aromatic rings. The molecular weight excluding hydrogens is 254 g/mol. The highest BCUT2D eigenvalue weighted by Gasteiger charge is 2.31. The van der Waals surface area contributed by atoms with Gasteiger partial charge in [0.1, 0.15) is 0 Å². The summed E-state index contributed by atoms with van der Waals surface area (Å²) < 4.78 is 5.69. The molecule has 0 aromatic carbocycles. The fourth-order valence-electron chi connectivity index (χ4n) is 3.57. The first kappa shape index (κ1) is 15.7. The summed E-state index contributed by atoms with van der Waals surface area (Å²) in [7, 11) is 0. The third-order valence-corrected chi connectivity index (χ3v) is 4.58. The molecule has 4 unspecified atom stereocenters. The minimum atomic E-state index is 0.133. The number of ether oxygens (including phenoxy) is 1. The number of nitrogens with zero attached hydrogens (tertiary/aromatic N) is 2.